The molecule has 0 saturated carbocycles. The Hall–Kier alpha value is -1.58. The number of carbonyl (C=O) groups is 2. The fourth-order valence-corrected chi connectivity index (χ4v) is 1.19. The molecule has 0 heterocycles. The van der Waals surface area contributed by atoms with E-state index in [2.05, 4.69) is 13.8 Å². The first kappa shape index (κ1) is 17.4. The van der Waals surface area contributed by atoms with Crippen LogP contribution in [0.5, 0.6) is 0 Å². The zero-order valence-electron chi connectivity index (χ0n) is 12.3. The number of ether oxygens (including phenoxy) is 2. The third-order valence-corrected chi connectivity index (χ3v) is 2.24. The molecule has 19 heavy (non-hydrogen) atoms. The van der Waals surface area contributed by atoms with E-state index in [0.29, 0.717) is 12.5 Å². The van der Waals surface area contributed by atoms with Crippen LogP contribution in [-0.2, 0) is 19.1 Å². The standard InChI is InChI=1S/C15H24O4/c1-12(2)6-5-10-18-14(16)7-8-15(17)19-11-9-13(3)4/h7-9,12H,5-6,10-11H2,1-4H3/b8-7+. The van der Waals surface area contributed by atoms with Crippen LogP contribution < -0.4 is 0 Å². The first-order valence-corrected chi connectivity index (χ1v) is 6.56. The molecule has 0 atom stereocenters. The lowest BCUT2D eigenvalue weighted by Gasteiger charge is -2.04. The van der Waals surface area contributed by atoms with Gasteiger partial charge in [0.05, 0.1) is 6.61 Å². The van der Waals surface area contributed by atoms with Gasteiger partial charge in [-0.1, -0.05) is 19.4 Å². The quantitative estimate of drug-likeness (QED) is 0.294. The monoisotopic (exact) mass is 268 g/mol. The highest BCUT2D eigenvalue weighted by Gasteiger charge is 2.01. The lowest BCUT2D eigenvalue weighted by molar-refractivity contribution is -0.140. The van der Waals surface area contributed by atoms with Crippen LogP contribution in [-0.4, -0.2) is 25.2 Å². The highest BCUT2D eigenvalue weighted by molar-refractivity contribution is 5.91. The molecule has 0 aromatic carbocycles. The SMILES string of the molecule is CC(C)=CCOC(=O)/C=C/C(=O)OCCCC(C)C. The molecule has 0 unspecified atom stereocenters. The van der Waals surface area contributed by atoms with Crippen molar-refractivity contribution < 1.29 is 19.1 Å². The van der Waals surface area contributed by atoms with E-state index in [1.165, 1.54) is 0 Å². The van der Waals surface area contributed by atoms with Crippen LogP contribution >= 0.6 is 0 Å². The molecule has 0 N–H and O–H groups in total. The molecule has 4 nitrogen and oxygen atoms in total. The van der Waals surface area contributed by atoms with E-state index in [9.17, 15) is 9.59 Å². The van der Waals surface area contributed by atoms with Gasteiger partial charge in [-0.15, -0.1) is 0 Å². The molecule has 0 fully saturated rings. The second kappa shape index (κ2) is 10.4. The maximum atomic E-state index is 11.2. The fourth-order valence-electron chi connectivity index (χ4n) is 1.19. The van der Waals surface area contributed by atoms with Crippen LogP contribution in [0.3, 0.4) is 0 Å². The van der Waals surface area contributed by atoms with E-state index in [1.54, 1.807) is 6.08 Å². The van der Waals surface area contributed by atoms with E-state index in [0.717, 1.165) is 30.6 Å². The van der Waals surface area contributed by atoms with Crippen molar-refractivity contribution >= 4 is 11.9 Å². The van der Waals surface area contributed by atoms with Crippen molar-refractivity contribution in [2.24, 2.45) is 5.92 Å². The van der Waals surface area contributed by atoms with Crippen LogP contribution in [0.2, 0.25) is 0 Å². The largest absolute Gasteiger partial charge is 0.463 e. The number of esters is 2. The molecule has 0 aromatic heterocycles. The maximum absolute atomic E-state index is 11.2. The summed E-state index contributed by atoms with van der Waals surface area (Å²) < 4.78 is 9.79. The van der Waals surface area contributed by atoms with Gasteiger partial charge in [0.25, 0.3) is 0 Å². The van der Waals surface area contributed by atoms with Crippen LogP contribution in [0.4, 0.5) is 0 Å². The summed E-state index contributed by atoms with van der Waals surface area (Å²) >= 11 is 0. The Morgan fingerprint density at radius 3 is 2.16 bits per heavy atom. The Kier molecular flexibility index (Phi) is 9.49. The first-order valence-electron chi connectivity index (χ1n) is 6.56. The van der Waals surface area contributed by atoms with Gasteiger partial charge in [-0.3, -0.25) is 0 Å². The summed E-state index contributed by atoms with van der Waals surface area (Å²) in [6, 6.07) is 0. The van der Waals surface area contributed by atoms with E-state index in [4.69, 9.17) is 9.47 Å². The van der Waals surface area contributed by atoms with Crippen molar-refractivity contribution in [3.8, 4) is 0 Å². The predicted molar refractivity (Wildman–Crippen MR) is 74.6 cm³/mol. The van der Waals surface area contributed by atoms with Gasteiger partial charge in [0.15, 0.2) is 0 Å². The highest BCUT2D eigenvalue weighted by Crippen LogP contribution is 2.03. The Morgan fingerprint density at radius 1 is 1.05 bits per heavy atom. The van der Waals surface area contributed by atoms with Gasteiger partial charge in [-0.25, -0.2) is 9.59 Å². The number of rotatable bonds is 8. The summed E-state index contributed by atoms with van der Waals surface area (Å²) in [7, 11) is 0. The molecule has 0 rings (SSSR count). The molecule has 0 aliphatic carbocycles. The summed E-state index contributed by atoms with van der Waals surface area (Å²) in [5.41, 5.74) is 1.07. The molecule has 108 valence electrons. The van der Waals surface area contributed by atoms with Gasteiger partial charge in [0.1, 0.15) is 6.61 Å². The zero-order valence-corrected chi connectivity index (χ0v) is 12.3. The number of carbonyl (C=O) groups excluding carboxylic acids is 2. The van der Waals surface area contributed by atoms with Crippen molar-refractivity contribution in [2.45, 2.75) is 40.5 Å². The van der Waals surface area contributed by atoms with E-state index in [1.807, 2.05) is 13.8 Å². The van der Waals surface area contributed by atoms with Crippen LogP contribution in [0.1, 0.15) is 40.5 Å². The Morgan fingerprint density at radius 2 is 1.63 bits per heavy atom. The lowest BCUT2D eigenvalue weighted by atomic mass is 10.1. The third kappa shape index (κ3) is 12.7. The molecule has 0 aliphatic heterocycles. The van der Waals surface area contributed by atoms with Gasteiger partial charge in [0, 0.05) is 12.2 Å². The molecule has 4 heteroatoms. The lowest BCUT2D eigenvalue weighted by Crippen LogP contribution is -2.06. The summed E-state index contributed by atoms with van der Waals surface area (Å²) in [4.78, 5) is 22.4. The average molecular weight is 268 g/mol. The predicted octanol–water partition coefficient (Wildman–Crippen LogP) is 3.03. The normalized spacial score (nSPS) is 10.6. The molecule has 0 saturated heterocycles. The van der Waals surface area contributed by atoms with Crippen molar-refractivity contribution in [2.75, 3.05) is 13.2 Å². The zero-order chi connectivity index (χ0) is 14.7. The molecule has 0 aliphatic rings. The molecule has 0 aromatic rings. The second-order valence-electron chi connectivity index (χ2n) is 4.95. The van der Waals surface area contributed by atoms with Gasteiger partial charge >= 0.3 is 11.9 Å². The van der Waals surface area contributed by atoms with Crippen LogP contribution in [0.25, 0.3) is 0 Å². The van der Waals surface area contributed by atoms with Crippen molar-refractivity contribution in [1.82, 2.24) is 0 Å². The maximum Gasteiger partial charge on any atom is 0.331 e. The molecule has 0 radical (unpaired) electrons. The fraction of sp³-hybridized carbons (Fsp3) is 0.600. The third-order valence-electron chi connectivity index (χ3n) is 2.24. The number of hydrogen-bond donors (Lipinski definition) is 0. The summed E-state index contributed by atoms with van der Waals surface area (Å²) in [6.45, 7) is 8.66. The Labute approximate surface area is 115 Å². The van der Waals surface area contributed by atoms with Crippen molar-refractivity contribution in [1.29, 1.82) is 0 Å². The smallest absolute Gasteiger partial charge is 0.331 e. The Balaban J connectivity index is 3.76. The molecule has 0 bridgehead atoms. The molecular weight excluding hydrogens is 244 g/mol. The number of hydrogen-bond acceptors (Lipinski definition) is 4. The summed E-state index contributed by atoms with van der Waals surface area (Å²) in [5, 5.41) is 0. The average Bonchev–Trinajstić information content (AvgIpc) is 2.31. The minimum Gasteiger partial charge on any atom is -0.463 e. The minimum atomic E-state index is -0.545. The van der Waals surface area contributed by atoms with Crippen LogP contribution in [0, 0.1) is 5.92 Å². The van der Waals surface area contributed by atoms with Gasteiger partial charge in [-0.05, 0) is 38.7 Å². The number of allylic oxidation sites excluding steroid dienone is 1. The second-order valence-corrected chi connectivity index (χ2v) is 4.95. The first-order chi connectivity index (χ1) is 8.91. The van der Waals surface area contributed by atoms with Gasteiger partial charge in [-0.2, -0.15) is 0 Å². The Bertz CT molecular complexity index is 336. The van der Waals surface area contributed by atoms with Crippen molar-refractivity contribution in [3.63, 3.8) is 0 Å². The van der Waals surface area contributed by atoms with E-state index < -0.39 is 11.9 Å². The molecule has 0 amide bonds. The van der Waals surface area contributed by atoms with Crippen LogP contribution in [0.15, 0.2) is 23.8 Å². The highest BCUT2D eigenvalue weighted by atomic mass is 16.5. The van der Waals surface area contributed by atoms with Gasteiger partial charge < -0.3 is 9.47 Å². The van der Waals surface area contributed by atoms with E-state index >= 15 is 0 Å². The topological polar surface area (TPSA) is 52.6 Å². The summed E-state index contributed by atoms with van der Waals surface area (Å²) in [6.07, 6.45) is 5.82. The van der Waals surface area contributed by atoms with Crippen molar-refractivity contribution in [3.05, 3.63) is 23.8 Å². The summed E-state index contributed by atoms with van der Waals surface area (Å²) in [5.74, 6) is -0.459. The van der Waals surface area contributed by atoms with Gasteiger partial charge in [0.2, 0.25) is 0 Å². The van der Waals surface area contributed by atoms with E-state index in [-0.39, 0.29) is 6.61 Å². The molecule has 0 spiro atoms. The minimum absolute atomic E-state index is 0.217. The molecular formula is C15H24O4.